The van der Waals surface area contributed by atoms with Gasteiger partial charge in [-0.25, -0.2) is 14.4 Å². The summed E-state index contributed by atoms with van der Waals surface area (Å²) in [5, 5.41) is 9.30. The lowest BCUT2D eigenvalue weighted by Crippen LogP contribution is -2.39. The van der Waals surface area contributed by atoms with E-state index in [0.717, 1.165) is 31.4 Å². The fourth-order valence-electron chi connectivity index (χ4n) is 3.62. The number of benzene rings is 1. The van der Waals surface area contributed by atoms with Crippen LogP contribution in [0.1, 0.15) is 37.3 Å². The standard InChI is InChI=1S/C20H22FN5O/c1-15(27)26(13-16-11-23-14-24-12-16)17-4-3-8-25(9-7-17)20-6-2-5-19(21)18(20)10-22/h2,5-6,11-12,14,17H,3-4,7-9,13H2,1H3. The first kappa shape index (κ1) is 18.8. The molecule has 1 aliphatic heterocycles. The zero-order valence-corrected chi connectivity index (χ0v) is 15.3. The van der Waals surface area contributed by atoms with E-state index in [9.17, 15) is 14.4 Å². The molecule has 1 atom stereocenters. The van der Waals surface area contributed by atoms with Crippen LogP contribution in [0.3, 0.4) is 0 Å². The van der Waals surface area contributed by atoms with E-state index < -0.39 is 5.82 Å². The maximum atomic E-state index is 13.9. The average Bonchev–Trinajstić information content (AvgIpc) is 2.92. The topological polar surface area (TPSA) is 73.1 Å². The van der Waals surface area contributed by atoms with E-state index >= 15 is 0 Å². The normalized spacial score (nSPS) is 17.1. The maximum absolute atomic E-state index is 13.9. The number of nitrogens with zero attached hydrogens (tertiary/aromatic N) is 5. The summed E-state index contributed by atoms with van der Waals surface area (Å²) in [6.07, 6.45) is 7.39. The van der Waals surface area contributed by atoms with Gasteiger partial charge in [0.1, 0.15) is 23.8 Å². The van der Waals surface area contributed by atoms with Crippen LogP contribution >= 0.6 is 0 Å². The van der Waals surface area contributed by atoms with E-state index in [0.29, 0.717) is 18.8 Å². The van der Waals surface area contributed by atoms with Crippen LogP contribution in [0.15, 0.2) is 36.9 Å². The van der Waals surface area contributed by atoms with E-state index in [1.807, 2.05) is 15.9 Å². The molecule has 1 aromatic carbocycles. The van der Waals surface area contributed by atoms with Crippen molar-refractivity contribution in [1.29, 1.82) is 5.26 Å². The SMILES string of the molecule is CC(=O)N(Cc1cncnc1)C1CCCN(c2cccc(F)c2C#N)CC1. The minimum atomic E-state index is -0.495. The summed E-state index contributed by atoms with van der Waals surface area (Å²) in [4.78, 5) is 24.2. The highest BCUT2D eigenvalue weighted by Crippen LogP contribution is 2.27. The molecule has 1 unspecified atom stereocenters. The molecule has 1 aliphatic rings. The highest BCUT2D eigenvalue weighted by Gasteiger charge is 2.26. The van der Waals surface area contributed by atoms with Crippen molar-refractivity contribution in [3.63, 3.8) is 0 Å². The van der Waals surface area contributed by atoms with E-state index in [1.165, 1.54) is 12.4 Å². The van der Waals surface area contributed by atoms with E-state index in [-0.39, 0.29) is 17.5 Å². The number of halogens is 1. The van der Waals surface area contributed by atoms with Crippen molar-refractivity contribution >= 4 is 11.6 Å². The van der Waals surface area contributed by atoms with Gasteiger partial charge < -0.3 is 9.80 Å². The third kappa shape index (κ3) is 4.40. The van der Waals surface area contributed by atoms with Gasteiger partial charge in [0.05, 0.1) is 5.69 Å². The zero-order chi connectivity index (χ0) is 19.2. The molecular weight excluding hydrogens is 345 g/mol. The van der Waals surface area contributed by atoms with Gasteiger partial charge in [-0.1, -0.05) is 6.07 Å². The monoisotopic (exact) mass is 367 g/mol. The Hall–Kier alpha value is -3.01. The molecule has 7 heteroatoms. The predicted molar refractivity (Wildman–Crippen MR) is 99.2 cm³/mol. The van der Waals surface area contributed by atoms with Crippen LogP contribution in [0.2, 0.25) is 0 Å². The van der Waals surface area contributed by atoms with Gasteiger partial charge >= 0.3 is 0 Å². The minimum Gasteiger partial charge on any atom is -0.370 e. The minimum absolute atomic E-state index is 0.0146. The summed E-state index contributed by atoms with van der Waals surface area (Å²) in [5.74, 6) is -0.481. The zero-order valence-electron chi connectivity index (χ0n) is 15.3. The molecule has 1 fully saturated rings. The molecule has 27 heavy (non-hydrogen) atoms. The molecule has 0 N–H and O–H groups in total. The van der Waals surface area contributed by atoms with Crippen LogP contribution in [-0.4, -0.2) is 39.9 Å². The average molecular weight is 367 g/mol. The molecule has 3 rings (SSSR count). The van der Waals surface area contributed by atoms with Gasteiger partial charge in [0.25, 0.3) is 0 Å². The number of nitriles is 1. The molecule has 0 bridgehead atoms. The first-order valence-electron chi connectivity index (χ1n) is 9.05. The quantitative estimate of drug-likeness (QED) is 0.831. The molecule has 1 amide bonds. The molecule has 1 saturated heterocycles. The Morgan fingerprint density at radius 2 is 2.11 bits per heavy atom. The Kier molecular flexibility index (Phi) is 5.97. The van der Waals surface area contributed by atoms with Crippen LogP contribution in [0.5, 0.6) is 0 Å². The van der Waals surface area contributed by atoms with Crippen molar-refractivity contribution in [2.75, 3.05) is 18.0 Å². The second-order valence-electron chi connectivity index (χ2n) is 6.71. The highest BCUT2D eigenvalue weighted by atomic mass is 19.1. The van der Waals surface area contributed by atoms with Crippen molar-refractivity contribution in [1.82, 2.24) is 14.9 Å². The number of carbonyl (C=O) groups is 1. The van der Waals surface area contributed by atoms with Crippen LogP contribution in [0, 0.1) is 17.1 Å². The number of aromatic nitrogens is 2. The molecule has 6 nitrogen and oxygen atoms in total. The summed E-state index contributed by atoms with van der Waals surface area (Å²) >= 11 is 0. The lowest BCUT2D eigenvalue weighted by atomic mass is 10.1. The van der Waals surface area contributed by atoms with Crippen molar-refractivity contribution in [2.24, 2.45) is 0 Å². The van der Waals surface area contributed by atoms with Gasteiger partial charge in [-0.15, -0.1) is 0 Å². The number of rotatable bonds is 4. The fraction of sp³-hybridized carbons (Fsp3) is 0.400. The lowest BCUT2D eigenvalue weighted by molar-refractivity contribution is -0.132. The summed E-state index contributed by atoms with van der Waals surface area (Å²) in [6.45, 7) is 3.45. The Bertz CT molecular complexity index is 836. The Morgan fingerprint density at radius 3 is 2.81 bits per heavy atom. The second-order valence-corrected chi connectivity index (χ2v) is 6.71. The van der Waals surface area contributed by atoms with Gasteiger partial charge in [0.2, 0.25) is 5.91 Å². The Morgan fingerprint density at radius 1 is 1.33 bits per heavy atom. The van der Waals surface area contributed by atoms with Crippen LogP contribution in [0.25, 0.3) is 0 Å². The number of carbonyl (C=O) groups excluding carboxylic acids is 1. The number of amides is 1. The Labute approximate surface area is 158 Å². The number of anilines is 1. The largest absolute Gasteiger partial charge is 0.370 e. The summed E-state index contributed by atoms with van der Waals surface area (Å²) < 4.78 is 13.9. The number of hydrogen-bond acceptors (Lipinski definition) is 5. The van der Waals surface area contributed by atoms with Crippen LogP contribution < -0.4 is 4.90 Å². The molecule has 2 heterocycles. The highest BCUT2D eigenvalue weighted by molar-refractivity contribution is 5.73. The lowest BCUT2D eigenvalue weighted by Gasteiger charge is -2.30. The molecule has 1 aromatic heterocycles. The van der Waals surface area contributed by atoms with Crippen molar-refractivity contribution in [2.45, 2.75) is 38.8 Å². The third-order valence-electron chi connectivity index (χ3n) is 4.95. The van der Waals surface area contributed by atoms with E-state index in [4.69, 9.17) is 0 Å². The van der Waals surface area contributed by atoms with Gasteiger partial charge in [-0.2, -0.15) is 5.26 Å². The van der Waals surface area contributed by atoms with Crippen LogP contribution in [0.4, 0.5) is 10.1 Å². The smallest absolute Gasteiger partial charge is 0.219 e. The van der Waals surface area contributed by atoms with Crippen molar-refractivity contribution in [3.8, 4) is 6.07 Å². The molecular formula is C20H22FN5O. The first-order valence-corrected chi connectivity index (χ1v) is 9.05. The summed E-state index contributed by atoms with van der Waals surface area (Å²) in [7, 11) is 0. The fourth-order valence-corrected chi connectivity index (χ4v) is 3.62. The summed E-state index contributed by atoms with van der Waals surface area (Å²) in [5.41, 5.74) is 1.61. The molecule has 0 radical (unpaired) electrons. The maximum Gasteiger partial charge on any atom is 0.219 e. The predicted octanol–water partition coefficient (Wildman–Crippen LogP) is 2.89. The van der Waals surface area contributed by atoms with Gasteiger partial charge in [0, 0.05) is 50.6 Å². The Balaban J connectivity index is 1.74. The van der Waals surface area contributed by atoms with Gasteiger partial charge in [-0.3, -0.25) is 4.79 Å². The summed E-state index contributed by atoms with van der Waals surface area (Å²) in [6, 6.07) is 6.78. The molecule has 0 saturated carbocycles. The van der Waals surface area contributed by atoms with E-state index in [1.54, 1.807) is 31.5 Å². The third-order valence-corrected chi connectivity index (χ3v) is 4.95. The van der Waals surface area contributed by atoms with Crippen molar-refractivity contribution in [3.05, 3.63) is 53.9 Å². The van der Waals surface area contributed by atoms with Gasteiger partial charge in [-0.05, 0) is 31.4 Å². The van der Waals surface area contributed by atoms with Gasteiger partial charge in [0.15, 0.2) is 0 Å². The molecule has 0 aliphatic carbocycles. The van der Waals surface area contributed by atoms with E-state index in [2.05, 4.69) is 9.97 Å². The molecule has 140 valence electrons. The second kappa shape index (κ2) is 8.58. The number of hydrogen-bond donors (Lipinski definition) is 0. The first-order chi connectivity index (χ1) is 13.1. The molecule has 0 spiro atoms. The molecule has 2 aromatic rings. The van der Waals surface area contributed by atoms with Crippen molar-refractivity contribution < 1.29 is 9.18 Å². The van der Waals surface area contributed by atoms with Crippen LogP contribution in [-0.2, 0) is 11.3 Å².